The highest BCUT2D eigenvalue weighted by atomic mass is 16.1. The van der Waals surface area contributed by atoms with Gasteiger partial charge < -0.3 is 10.3 Å². The van der Waals surface area contributed by atoms with Crippen LogP contribution in [0.5, 0.6) is 0 Å². The number of amides is 1. The lowest BCUT2D eigenvalue weighted by Gasteiger charge is -2.14. The van der Waals surface area contributed by atoms with Crippen LogP contribution in [-0.2, 0) is 0 Å². The van der Waals surface area contributed by atoms with Crippen LogP contribution in [0, 0.1) is 27.7 Å². The first-order valence-corrected chi connectivity index (χ1v) is 10.2. The molecule has 1 unspecified atom stereocenters. The quantitative estimate of drug-likeness (QED) is 0.520. The predicted octanol–water partition coefficient (Wildman–Crippen LogP) is 3.11. The third-order valence-corrected chi connectivity index (χ3v) is 5.54. The Labute approximate surface area is 179 Å². The van der Waals surface area contributed by atoms with Crippen molar-refractivity contribution in [1.82, 2.24) is 29.7 Å². The second kappa shape index (κ2) is 7.86. The van der Waals surface area contributed by atoms with Gasteiger partial charge in [0.05, 0.1) is 17.3 Å². The van der Waals surface area contributed by atoms with Crippen molar-refractivity contribution in [2.45, 2.75) is 40.7 Å². The summed E-state index contributed by atoms with van der Waals surface area (Å²) in [6.07, 6.45) is 1.58. The molecule has 3 heterocycles. The van der Waals surface area contributed by atoms with Crippen LogP contribution in [0.25, 0.3) is 16.9 Å². The van der Waals surface area contributed by atoms with E-state index in [-0.39, 0.29) is 17.5 Å². The van der Waals surface area contributed by atoms with E-state index in [0.717, 1.165) is 22.5 Å². The summed E-state index contributed by atoms with van der Waals surface area (Å²) >= 11 is 0. The molecule has 4 rings (SSSR count). The van der Waals surface area contributed by atoms with E-state index in [1.165, 1.54) is 10.1 Å². The fourth-order valence-electron chi connectivity index (χ4n) is 3.67. The smallest absolute Gasteiger partial charge is 0.275 e. The van der Waals surface area contributed by atoms with Gasteiger partial charge in [0.1, 0.15) is 5.52 Å². The molecule has 0 saturated carbocycles. The van der Waals surface area contributed by atoms with Crippen molar-refractivity contribution in [3.05, 3.63) is 75.0 Å². The summed E-state index contributed by atoms with van der Waals surface area (Å²) in [5, 5.41) is 11.9. The number of aryl methyl sites for hydroxylation is 4. The Balaban J connectivity index is 1.56. The summed E-state index contributed by atoms with van der Waals surface area (Å²) in [6.45, 7) is 10.4. The van der Waals surface area contributed by atoms with E-state index in [1.807, 2.05) is 63.6 Å². The number of hydrogen-bond acceptors (Lipinski definition) is 4. The molecule has 31 heavy (non-hydrogen) atoms. The Bertz CT molecular complexity index is 1340. The topological polar surface area (TPSA) is 97.1 Å². The third kappa shape index (κ3) is 4.01. The van der Waals surface area contributed by atoms with Crippen molar-refractivity contribution in [2.24, 2.45) is 0 Å². The lowest BCUT2D eigenvalue weighted by atomic mass is 10.1. The van der Waals surface area contributed by atoms with Gasteiger partial charge in [-0.2, -0.15) is 5.10 Å². The highest BCUT2D eigenvalue weighted by Gasteiger charge is 2.15. The molecule has 8 heteroatoms. The van der Waals surface area contributed by atoms with Crippen LogP contribution >= 0.6 is 0 Å². The standard InChI is InChI=1S/C23H26N6O2/c1-13-6-7-18(8-14(13)2)21-25-23(31)20-10-19(12-28(20)27-21)22(30)24-11-17(5)29-16(4)9-15(3)26-29/h6-10,12,17H,11H2,1-5H3,(H,24,30)(H,25,27,31). The molecule has 1 aromatic carbocycles. The minimum Gasteiger partial charge on any atom is -0.350 e. The normalized spacial score (nSPS) is 12.3. The number of aromatic amines is 1. The van der Waals surface area contributed by atoms with Gasteiger partial charge in [0, 0.05) is 24.0 Å². The third-order valence-electron chi connectivity index (χ3n) is 5.54. The zero-order valence-corrected chi connectivity index (χ0v) is 18.4. The van der Waals surface area contributed by atoms with E-state index in [1.54, 1.807) is 12.3 Å². The summed E-state index contributed by atoms with van der Waals surface area (Å²) in [4.78, 5) is 28.1. The lowest BCUT2D eigenvalue weighted by Crippen LogP contribution is -2.30. The van der Waals surface area contributed by atoms with Gasteiger partial charge in [-0.25, -0.2) is 4.52 Å². The summed E-state index contributed by atoms with van der Waals surface area (Å²) in [5.74, 6) is 0.201. The van der Waals surface area contributed by atoms with Crippen molar-refractivity contribution in [3.63, 3.8) is 0 Å². The highest BCUT2D eigenvalue weighted by molar-refractivity contribution is 5.95. The van der Waals surface area contributed by atoms with Crippen LogP contribution in [0.15, 0.2) is 41.3 Å². The largest absolute Gasteiger partial charge is 0.350 e. The van der Waals surface area contributed by atoms with E-state index in [4.69, 9.17) is 0 Å². The monoisotopic (exact) mass is 418 g/mol. The first-order valence-electron chi connectivity index (χ1n) is 10.2. The van der Waals surface area contributed by atoms with E-state index >= 15 is 0 Å². The van der Waals surface area contributed by atoms with Gasteiger partial charge in [-0.1, -0.05) is 12.1 Å². The minimum absolute atomic E-state index is 0.00703. The Kier molecular flexibility index (Phi) is 5.22. The summed E-state index contributed by atoms with van der Waals surface area (Å²) in [7, 11) is 0. The maximum absolute atomic E-state index is 12.7. The number of nitrogens with one attached hydrogen (secondary N) is 2. The maximum Gasteiger partial charge on any atom is 0.275 e. The van der Waals surface area contributed by atoms with Crippen LogP contribution in [-0.4, -0.2) is 36.8 Å². The summed E-state index contributed by atoms with van der Waals surface area (Å²) in [6, 6.07) is 9.46. The molecule has 1 atom stereocenters. The number of aromatic nitrogens is 5. The SMILES string of the molecule is Cc1cc(C)n(C(C)CNC(=O)c2cc3c(=O)[nH]c(-c4ccc(C)c(C)c4)nn3c2)n1. The molecule has 0 spiro atoms. The molecule has 1 amide bonds. The number of carbonyl (C=O) groups is 1. The van der Waals surface area contributed by atoms with Crippen molar-refractivity contribution < 1.29 is 4.79 Å². The predicted molar refractivity (Wildman–Crippen MR) is 119 cm³/mol. The molecule has 0 aliphatic rings. The molecule has 0 radical (unpaired) electrons. The van der Waals surface area contributed by atoms with Gasteiger partial charge in [-0.3, -0.25) is 14.3 Å². The highest BCUT2D eigenvalue weighted by Crippen LogP contribution is 2.18. The fourth-order valence-corrected chi connectivity index (χ4v) is 3.67. The van der Waals surface area contributed by atoms with E-state index < -0.39 is 0 Å². The first-order chi connectivity index (χ1) is 14.7. The van der Waals surface area contributed by atoms with Gasteiger partial charge in [0.25, 0.3) is 11.5 Å². The molecule has 2 N–H and O–H groups in total. The summed E-state index contributed by atoms with van der Waals surface area (Å²) < 4.78 is 3.36. The Morgan fingerprint density at radius 2 is 1.87 bits per heavy atom. The minimum atomic E-state index is -0.293. The molecule has 0 aliphatic heterocycles. The number of nitrogens with zero attached hydrogens (tertiary/aromatic N) is 4. The van der Waals surface area contributed by atoms with Crippen molar-refractivity contribution >= 4 is 11.4 Å². The zero-order valence-electron chi connectivity index (χ0n) is 18.4. The Morgan fingerprint density at radius 3 is 2.55 bits per heavy atom. The molecule has 0 saturated heterocycles. The second-order valence-electron chi connectivity index (χ2n) is 8.09. The molecule has 0 bridgehead atoms. The van der Waals surface area contributed by atoms with Crippen LogP contribution in [0.4, 0.5) is 0 Å². The maximum atomic E-state index is 12.7. The van der Waals surface area contributed by atoms with Gasteiger partial charge in [0.15, 0.2) is 5.82 Å². The fraction of sp³-hybridized carbons (Fsp3) is 0.304. The number of H-pyrrole nitrogens is 1. The average molecular weight is 419 g/mol. The number of rotatable bonds is 5. The summed E-state index contributed by atoms with van der Waals surface area (Å²) in [5.41, 5.74) is 5.51. The molecule has 160 valence electrons. The van der Waals surface area contributed by atoms with Crippen molar-refractivity contribution in [1.29, 1.82) is 0 Å². The van der Waals surface area contributed by atoms with Gasteiger partial charge >= 0.3 is 0 Å². The second-order valence-corrected chi connectivity index (χ2v) is 8.09. The molecule has 3 aromatic heterocycles. The van der Waals surface area contributed by atoms with Crippen LogP contribution in [0.3, 0.4) is 0 Å². The van der Waals surface area contributed by atoms with Crippen LogP contribution in [0.1, 0.15) is 45.8 Å². The van der Waals surface area contributed by atoms with Gasteiger partial charge in [-0.15, -0.1) is 5.10 Å². The van der Waals surface area contributed by atoms with Crippen molar-refractivity contribution in [3.8, 4) is 11.4 Å². The number of benzene rings is 1. The van der Waals surface area contributed by atoms with E-state index in [2.05, 4.69) is 20.5 Å². The molecule has 4 aromatic rings. The van der Waals surface area contributed by atoms with Crippen LogP contribution < -0.4 is 10.9 Å². The zero-order chi connectivity index (χ0) is 22.3. The van der Waals surface area contributed by atoms with Crippen molar-refractivity contribution in [2.75, 3.05) is 6.54 Å². The van der Waals surface area contributed by atoms with Gasteiger partial charge in [0.2, 0.25) is 0 Å². The number of fused-ring (bicyclic) bond motifs is 1. The molecule has 8 nitrogen and oxygen atoms in total. The molecule has 0 fully saturated rings. The molecular weight excluding hydrogens is 392 g/mol. The van der Waals surface area contributed by atoms with Gasteiger partial charge in [-0.05, 0) is 63.9 Å². The Morgan fingerprint density at radius 1 is 1.10 bits per heavy atom. The van der Waals surface area contributed by atoms with E-state index in [0.29, 0.717) is 23.4 Å². The first kappa shape index (κ1) is 20.6. The van der Waals surface area contributed by atoms with E-state index in [9.17, 15) is 9.59 Å². The molecule has 0 aliphatic carbocycles. The molecular formula is C23H26N6O2. The number of hydrogen-bond donors (Lipinski definition) is 2. The van der Waals surface area contributed by atoms with Crippen LogP contribution in [0.2, 0.25) is 0 Å². The number of carbonyl (C=O) groups excluding carboxylic acids is 1. The average Bonchev–Trinajstić information content (AvgIpc) is 3.31. The lowest BCUT2D eigenvalue weighted by molar-refractivity contribution is 0.0948. The Hall–Kier alpha value is -3.68.